The van der Waals surface area contributed by atoms with E-state index in [9.17, 15) is 0 Å². The van der Waals surface area contributed by atoms with Crippen LogP contribution in [0.25, 0.3) is 0 Å². The lowest BCUT2D eigenvalue weighted by atomic mass is 10.1. The van der Waals surface area contributed by atoms with Gasteiger partial charge in [0.2, 0.25) is 0 Å². The highest BCUT2D eigenvalue weighted by atomic mass is 16.5. The number of hydrogen-bond acceptors (Lipinski definition) is 3. The second kappa shape index (κ2) is 11.2. The summed E-state index contributed by atoms with van der Waals surface area (Å²) in [6, 6.07) is 11.0. The van der Waals surface area contributed by atoms with Crippen molar-refractivity contribution in [2.75, 3.05) is 46.9 Å². The lowest BCUT2D eigenvalue weighted by Gasteiger charge is -2.26. The van der Waals surface area contributed by atoms with Gasteiger partial charge in [0, 0.05) is 45.2 Å². The van der Waals surface area contributed by atoms with Gasteiger partial charge in [0.25, 0.3) is 0 Å². The van der Waals surface area contributed by atoms with Crippen LogP contribution >= 0.6 is 0 Å². The zero-order valence-electron chi connectivity index (χ0n) is 16.9. The van der Waals surface area contributed by atoms with Crippen molar-refractivity contribution < 1.29 is 4.74 Å². The molecular weight excluding hydrogens is 324 g/mol. The van der Waals surface area contributed by atoms with E-state index in [0.717, 1.165) is 38.7 Å². The summed E-state index contributed by atoms with van der Waals surface area (Å²) in [4.78, 5) is 9.22. The summed E-state index contributed by atoms with van der Waals surface area (Å²) in [6.07, 6.45) is 2.35. The van der Waals surface area contributed by atoms with Gasteiger partial charge in [-0.3, -0.25) is 4.99 Å². The Kier molecular flexibility index (Phi) is 8.92. The van der Waals surface area contributed by atoms with Crippen molar-refractivity contribution in [2.45, 2.75) is 39.3 Å². The second-order valence-electron chi connectivity index (χ2n) is 7.31. The highest BCUT2D eigenvalue weighted by molar-refractivity contribution is 5.80. The first-order chi connectivity index (χ1) is 12.6. The van der Waals surface area contributed by atoms with E-state index >= 15 is 0 Å². The third-order valence-corrected chi connectivity index (χ3v) is 5.35. The number of rotatable bonds is 9. The van der Waals surface area contributed by atoms with Gasteiger partial charge in [-0.2, -0.15) is 0 Å². The van der Waals surface area contributed by atoms with Crippen LogP contribution in [0.15, 0.2) is 35.3 Å². The standard InChI is InChI=1S/C21H36N4O/c1-5-18(2)24(4)14-12-23-21(22-3)25-13-11-20(15-25)17-26-16-19-9-7-6-8-10-19/h6-10,18,20H,5,11-17H2,1-4H3,(H,22,23). The molecule has 0 aliphatic carbocycles. The normalized spacial score (nSPS) is 19.2. The van der Waals surface area contributed by atoms with E-state index in [2.05, 4.69) is 65.3 Å². The number of likely N-dealkylation sites (N-methyl/N-ethyl adjacent to an activating group) is 1. The van der Waals surface area contributed by atoms with Crippen molar-refractivity contribution in [1.82, 2.24) is 15.1 Å². The molecule has 1 heterocycles. The van der Waals surface area contributed by atoms with E-state index in [0.29, 0.717) is 18.6 Å². The molecule has 2 atom stereocenters. The monoisotopic (exact) mass is 360 g/mol. The molecule has 26 heavy (non-hydrogen) atoms. The summed E-state index contributed by atoms with van der Waals surface area (Å²) in [7, 11) is 4.06. The number of nitrogens with one attached hydrogen (secondary N) is 1. The minimum Gasteiger partial charge on any atom is -0.376 e. The minimum absolute atomic E-state index is 0.583. The topological polar surface area (TPSA) is 40.1 Å². The smallest absolute Gasteiger partial charge is 0.193 e. The molecule has 1 fully saturated rings. The Labute approximate surface area is 159 Å². The lowest BCUT2D eigenvalue weighted by Crippen LogP contribution is -2.44. The average Bonchev–Trinajstić information content (AvgIpc) is 3.14. The van der Waals surface area contributed by atoms with Gasteiger partial charge in [0.1, 0.15) is 0 Å². The highest BCUT2D eigenvalue weighted by Gasteiger charge is 2.25. The molecule has 5 nitrogen and oxygen atoms in total. The molecular formula is C21H36N4O. The number of benzene rings is 1. The molecule has 5 heteroatoms. The summed E-state index contributed by atoms with van der Waals surface area (Å²) >= 11 is 0. The highest BCUT2D eigenvalue weighted by Crippen LogP contribution is 2.17. The quantitative estimate of drug-likeness (QED) is 0.543. The van der Waals surface area contributed by atoms with E-state index in [-0.39, 0.29) is 0 Å². The fraction of sp³-hybridized carbons (Fsp3) is 0.667. The van der Waals surface area contributed by atoms with Crippen LogP contribution in [0.2, 0.25) is 0 Å². The van der Waals surface area contributed by atoms with Crippen LogP contribution in [-0.2, 0) is 11.3 Å². The molecule has 0 saturated carbocycles. The maximum absolute atomic E-state index is 5.92. The first kappa shape index (κ1) is 20.7. The Morgan fingerprint density at radius 1 is 1.38 bits per heavy atom. The summed E-state index contributed by atoms with van der Waals surface area (Å²) < 4.78 is 5.92. The van der Waals surface area contributed by atoms with Crippen LogP contribution in [0.4, 0.5) is 0 Å². The van der Waals surface area contributed by atoms with E-state index in [1.54, 1.807) is 0 Å². The Balaban J connectivity index is 1.67. The van der Waals surface area contributed by atoms with Crippen molar-refractivity contribution in [3.05, 3.63) is 35.9 Å². The van der Waals surface area contributed by atoms with Crippen LogP contribution in [0.3, 0.4) is 0 Å². The average molecular weight is 361 g/mol. The van der Waals surface area contributed by atoms with Crippen LogP contribution in [0.5, 0.6) is 0 Å². The number of hydrogen-bond donors (Lipinski definition) is 1. The largest absolute Gasteiger partial charge is 0.376 e. The Bertz CT molecular complexity index is 534. The summed E-state index contributed by atoms with van der Waals surface area (Å²) in [6.45, 7) is 10.1. The Morgan fingerprint density at radius 2 is 2.15 bits per heavy atom. The van der Waals surface area contributed by atoms with Crippen LogP contribution < -0.4 is 5.32 Å². The van der Waals surface area contributed by atoms with Crippen LogP contribution in [-0.4, -0.2) is 68.7 Å². The molecule has 1 aliphatic heterocycles. The van der Waals surface area contributed by atoms with Crippen molar-refractivity contribution in [1.29, 1.82) is 0 Å². The van der Waals surface area contributed by atoms with Gasteiger partial charge in [0.05, 0.1) is 13.2 Å². The van der Waals surface area contributed by atoms with Crippen molar-refractivity contribution in [3.8, 4) is 0 Å². The summed E-state index contributed by atoms with van der Waals surface area (Å²) in [5.41, 5.74) is 1.24. The van der Waals surface area contributed by atoms with Gasteiger partial charge in [-0.1, -0.05) is 37.3 Å². The minimum atomic E-state index is 0.583. The molecule has 2 rings (SSSR count). The van der Waals surface area contributed by atoms with E-state index < -0.39 is 0 Å². The molecule has 146 valence electrons. The summed E-state index contributed by atoms with van der Waals surface area (Å²) in [5, 5.41) is 3.52. The maximum Gasteiger partial charge on any atom is 0.193 e. The first-order valence-corrected chi connectivity index (χ1v) is 9.91. The van der Waals surface area contributed by atoms with Crippen LogP contribution in [0.1, 0.15) is 32.3 Å². The maximum atomic E-state index is 5.92. The molecule has 0 aromatic heterocycles. The number of likely N-dealkylation sites (tertiary alicyclic amines) is 1. The zero-order valence-corrected chi connectivity index (χ0v) is 16.9. The van der Waals surface area contributed by atoms with Gasteiger partial charge >= 0.3 is 0 Å². The van der Waals surface area contributed by atoms with Gasteiger partial charge in [-0.25, -0.2) is 0 Å². The molecule has 1 saturated heterocycles. The van der Waals surface area contributed by atoms with Crippen molar-refractivity contribution in [3.63, 3.8) is 0 Å². The molecule has 1 aromatic rings. The second-order valence-corrected chi connectivity index (χ2v) is 7.31. The molecule has 0 spiro atoms. The molecule has 1 N–H and O–H groups in total. The Hall–Kier alpha value is -1.59. The van der Waals surface area contributed by atoms with Gasteiger partial charge < -0.3 is 19.9 Å². The number of nitrogens with zero attached hydrogens (tertiary/aromatic N) is 3. The zero-order chi connectivity index (χ0) is 18.8. The SMILES string of the molecule is CCC(C)N(C)CCNC(=NC)N1CCC(COCc2ccccc2)C1. The van der Waals surface area contributed by atoms with Crippen LogP contribution in [0, 0.1) is 5.92 Å². The Morgan fingerprint density at radius 3 is 2.85 bits per heavy atom. The van der Waals surface area contributed by atoms with Crippen molar-refractivity contribution in [2.24, 2.45) is 10.9 Å². The van der Waals surface area contributed by atoms with Gasteiger partial charge in [-0.05, 0) is 32.4 Å². The number of aliphatic imine (C=N–C) groups is 1. The van der Waals surface area contributed by atoms with Gasteiger partial charge in [0.15, 0.2) is 5.96 Å². The lowest BCUT2D eigenvalue weighted by molar-refractivity contribution is 0.0906. The number of guanidine groups is 1. The van der Waals surface area contributed by atoms with Gasteiger partial charge in [-0.15, -0.1) is 0 Å². The summed E-state index contributed by atoms with van der Waals surface area (Å²) in [5.74, 6) is 1.60. The predicted molar refractivity (Wildman–Crippen MR) is 110 cm³/mol. The first-order valence-electron chi connectivity index (χ1n) is 9.91. The van der Waals surface area contributed by atoms with E-state index in [1.807, 2.05) is 13.1 Å². The molecule has 0 bridgehead atoms. The third-order valence-electron chi connectivity index (χ3n) is 5.35. The number of ether oxygens (including phenoxy) is 1. The molecule has 2 unspecified atom stereocenters. The molecule has 0 radical (unpaired) electrons. The third kappa shape index (κ3) is 6.61. The predicted octanol–water partition coefficient (Wildman–Crippen LogP) is 2.83. The fourth-order valence-corrected chi connectivity index (χ4v) is 3.29. The molecule has 0 amide bonds. The van der Waals surface area contributed by atoms with E-state index in [1.165, 1.54) is 18.4 Å². The molecule has 1 aromatic carbocycles. The van der Waals surface area contributed by atoms with E-state index in [4.69, 9.17) is 4.74 Å². The fourth-order valence-electron chi connectivity index (χ4n) is 3.29. The molecule has 1 aliphatic rings. The van der Waals surface area contributed by atoms with Crippen molar-refractivity contribution >= 4 is 5.96 Å².